The molecule has 3 aromatic rings. The SMILES string of the molecule is COc1cc(-c2cnc3cc(C(C)(C)C#N)ccn23)cc(OC(F)F)c1C(=O)N1CCC(F)(F)C1. The summed E-state index contributed by atoms with van der Waals surface area (Å²) in [6.45, 7) is -0.764. The number of methoxy groups -OCH3 is 1. The molecular weight excluding hydrogens is 468 g/mol. The van der Waals surface area contributed by atoms with E-state index in [4.69, 9.17) is 4.74 Å². The van der Waals surface area contributed by atoms with Gasteiger partial charge in [0.25, 0.3) is 11.8 Å². The number of alkyl halides is 4. The smallest absolute Gasteiger partial charge is 0.387 e. The zero-order chi connectivity index (χ0) is 25.5. The Morgan fingerprint density at radius 1 is 1.26 bits per heavy atom. The van der Waals surface area contributed by atoms with Gasteiger partial charge >= 0.3 is 6.61 Å². The number of likely N-dealkylation sites (tertiary alicyclic amines) is 1. The largest absolute Gasteiger partial charge is 0.496 e. The molecule has 7 nitrogen and oxygen atoms in total. The van der Waals surface area contributed by atoms with Crippen LogP contribution in [0.25, 0.3) is 16.9 Å². The average Bonchev–Trinajstić information content (AvgIpc) is 3.40. The maximum absolute atomic E-state index is 13.7. The maximum atomic E-state index is 13.7. The average molecular weight is 490 g/mol. The van der Waals surface area contributed by atoms with Crippen LogP contribution in [-0.4, -0.2) is 52.9 Å². The number of aromatic nitrogens is 2. The summed E-state index contributed by atoms with van der Waals surface area (Å²) in [5, 5.41) is 9.40. The van der Waals surface area contributed by atoms with E-state index in [0.717, 1.165) is 10.5 Å². The molecule has 0 spiro atoms. The van der Waals surface area contributed by atoms with Crippen molar-refractivity contribution in [3.63, 3.8) is 0 Å². The highest BCUT2D eigenvalue weighted by Gasteiger charge is 2.42. The summed E-state index contributed by atoms with van der Waals surface area (Å²) in [4.78, 5) is 18.3. The van der Waals surface area contributed by atoms with Crippen LogP contribution < -0.4 is 9.47 Å². The van der Waals surface area contributed by atoms with Crippen molar-refractivity contribution in [2.24, 2.45) is 0 Å². The lowest BCUT2D eigenvalue weighted by Gasteiger charge is -2.21. The molecule has 11 heteroatoms. The van der Waals surface area contributed by atoms with Crippen LogP contribution in [-0.2, 0) is 5.41 Å². The van der Waals surface area contributed by atoms with E-state index in [1.54, 1.807) is 36.6 Å². The van der Waals surface area contributed by atoms with Crippen molar-refractivity contribution in [2.45, 2.75) is 38.2 Å². The predicted octanol–water partition coefficient (Wildman–Crippen LogP) is 4.89. The molecule has 1 amide bonds. The molecule has 2 aromatic heterocycles. The van der Waals surface area contributed by atoms with Crippen LogP contribution in [0.2, 0.25) is 0 Å². The molecule has 35 heavy (non-hydrogen) atoms. The van der Waals surface area contributed by atoms with Crippen molar-refractivity contribution in [1.29, 1.82) is 5.26 Å². The molecule has 0 aliphatic carbocycles. The van der Waals surface area contributed by atoms with Gasteiger partial charge in [0.1, 0.15) is 22.7 Å². The Balaban J connectivity index is 1.82. The molecule has 0 atom stereocenters. The van der Waals surface area contributed by atoms with Gasteiger partial charge in [-0.2, -0.15) is 14.0 Å². The van der Waals surface area contributed by atoms with Gasteiger partial charge in [-0.3, -0.25) is 9.20 Å². The van der Waals surface area contributed by atoms with Crippen molar-refractivity contribution in [2.75, 3.05) is 20.2 Å². The number of halogens is 4. The lowest BCUT2D eigenvalue weighted by Crippen LogP contribution is -2.32. The Labute approximate surface area is 198 Å². The summed E-state index contributed by atoms with van der Waals surface area (Å²) in [5.74, 6) is -4.53. The van der Waals surface area contributed by atoms with Crippen LogP contribution in [0.1, 0.15) is 36.2 Å². The van der Waals surface area contributed by atoms with E-state index in [0.29, 0.717) is 16.9 Å². The normalized spacial score (nSPS) is 15.5. The first-order chi connectivity index (χ1) is 16.5. The fourth-order valence-corrected chi connectivity index (χ4v) is 4.01. The number of carbonyl (C=O) groups excluding carboxylic acids is 1. The number of hydrogen-bond acceptors (Lipinski definition) is 5. The van der Waals surface area contributed by atoms with E-state index in [2.05, 4.69) is 15.8 Å². The molecule has 0 saturated carbocycles. The summed E-state index contributed by atoms with van der Waals surface area (Å²) in [7, 11) is 1.24. The Kier molecular flexibility index (Phi) is 6.09. The predicted molar refractivity (Wildman–Crippen MR) is 118 cm³/mol. The highest BCUT2D eigenvalue weighted by Crippen LogP contribution is 2.39. The van der Waals surface area contributed by atoms with Gasteiger partial charge in [0.2, 0.25) is 0 Å². The fourth-order valence-electron chi connectivity index (χ4n) is 4.01. The lowest BCUT2D eigenvalue weighted by atomic mass is 9.87. The topological polar surface area (TPSA) is 79.9 Å². The van der Waals surface area contributed by atoms with Crippen LogP contribution in [0.15, 0.2) is 36.7 Å². The Hall–Kier alpha value is -3.81. The first-order valence-electron chi connectivity index (χ1n) is 10.7. The van der Waals surface area contributed by atoms with Gasteiger partial charge < -0.3 is 14.4 Å². The van der Waals surface area contributed by atoms with E-state index < -0.39 is 42.6 Å². The third kappa shape index (κ3) is 4.60. The molecule has 1 saturated heterocycles. The first-order valence-corrected chi connectivity index (χ1v) is 10.7. The molecule has 0 bridgehead atoms. The van der Waals surface area contributed by atoms with Gasteiger partial charge in [-0.1, -0.05) is 0 Å². The maximum Gasteiger partial charge on any atom is 0.387 e. The van der Waals surface area contributed by atoms with Gasteiger partial charge in [0, 0.05) is 24.7 Å². The standard InChI is InChI=1S/C24H22F4N4O3/c1-23(2,12-29)15-4-6-32-16(11-30-19(32)10-15)14-8-17(34-3)20(18(9-14)35-22(25)26)21(33)31-7-5-24(27,28)13-31/h4,6,8-11,22H,5,7,13H2,1-3H3. The van der Waals surface area contributed by atoms with Gasteiger partial charge in [-0.25, -0.2) is 13.8 Å². The Bertz CT molecular complexity index is 1330. The van der Waals surface area contributed by atoms with Crippen molar-refractivity contribution >= 4 is 11.6 Å². The number of ether oxygens (including phenoxy) is 2. The summed E-state index contributed by atoms with van der Waals surface area (Å²) in [6.07, 6.45) is 2.68. The highest BCUT2D eigenvalue weighted by molar-refractivity contribution is 6.01. The molecule has 1 aliphatic rings. The molecule has 1 aromatic carbocycles. The highest BCUT2D eigenvalue weighted by atomic mass is 19.3. The van der Waals surface area contributed by atoms with Crippen LogP contribution in [0.3, 0.4) is 0 Å². The number of rotatable bonds is 6. The minimum Gasteiger partial charge on any atom is -0.496 e. The van der Waals surface area contributed by atoms with Gasteiger partial charge in [-0.15, -0.1) is 0 Å². The molecule has 0 N–H and O–H groups in total. The van der Waals surface area contributed by atoms with Crippen LogP contribution in [0, 0.1) is 11.3 Å². The Morgan fingerprint density at radius 2 is 1.97 bits per heavy atom. The molecule has 0 unspecified atom stereocenters. The molecule has 0 radical (unpaired) electrons. The number of fused-ring (bicyclic) bond motifs is 1. The van der Waals surface area contributed by atoms with E-state index in [1.807, 2.05) is 0 Å². The number of amides is 1. The second-order valence-corrected chi connectivity index (χ2v) is 8.79. The van der Waals surface area contributed by atoms with Crippen molar-refractivity contribution in [3.05, 3.63) is 47.8 Å². The number of imidazole rings is 1. The first kappa shape index (κ1) is 24.3. The minimum absolute atomic E-state index is 0.101. The number of hydrogen-bond donors (Lipinski definition) is 0. The zero-order valence-electron chi connectivity index (χ0n) is 19.2. The number of nitrogens with zero attached hydrogens (tertiary/aromatic N) is 4. The minimum atomic E-state index is -3.26. The number of nitriles is 1. The lowest BCUT2D eigenvalue weighted by molar-refractivity contribution is -0.0504. The number of benzene rings is 1. The second kappa shape index (κ2) is 8.76. The third-order valence-electron chi connectivity index (χ3n) is 5.98. The van der Waals surface area contributed by atoms with Crippen LogP contribution in [0.5, 0.6) is 11.5 Å². The number of pyridine rings is 1. The molecular formula is C24H22F4N4O3. The second-order valence-electron chi connectivity index (χ2n) is 8.79. The van der Waals surface area contributed by atoms with Gasteiger partial charge in [0.15, 0.2) is 0 Å². The van der Waals surface area contributed by atoms with E-state index >= 15 is 0 Å². The summed E-state index contributed by atoms with van der Waals surface area (Å²) in [6, 6.07) is 8.38. The van der Waals surface area contributed by atoms with E-state index in [9.17, 15) is 27.6 Å². The summed E-state index contributed by atoms with van der Waals surface area (Å²) < 4.78 is 65.5. The van der Waals surface area contributed by atoms with Crippen molar-refractivity contribution in [3.8, 4) is 28.8 Å². The quantitative estimate of drug-likeness (QED) is 0.460. The molecule has 3 heterocycles. The summed E-state index contributed by atoms with van der Waals surface area (Å²) >= 11 is 0. The van der Waals surface area contributed by atoms with Gasteiger partial charge in [-0.05, 0) is 43.7 Å². The van der Waals surface area contributed by atoms with Gasteiger partial charge in [0.05, 0.1) is 37.0 Å². The molecule has 1 fully saturated rings. The molecule has 1 aliphatic heterocycles. The van der Waals surface area contributed by atoms with Crippen molar-refractivity contribution < 1.29 is 31.8 Å². The van der Waals surface area contributed by atoms with E-state index in [1.165, 1.54) is 25.4 Å². The van der Waals surface area contributed by atoms with E-state index in [-0.39, 0.29) is 17.9 Å². The Morgan fingerprint density at radius 3 is 2.57 bits per heavy atom. The zero-order valence-corrected chi connectivity index (χ0v) is 19.2. The molecule has 184 valence electrons. The van der Waals surface area contributed by atoms with Crippen molar-refractivity contribution in [1.82, 2.24) is 14.3 Å². The third-order valence-corrected chi connectivity index (χ3v) is 5.98. The van der Waals surface area contributed by atoms with Crippen LogP contribution in [0.4, 0.5) is 17.6 Å². The summed E-state index contributed by atoms with van der Waals surface area (Å²) in [5.41, 5.74) is 0.971. The number of carbonyl (C=O) groups is 1. The monoisotopic (exact) mass is 490 g/mol. The fraction of sp³-hybridized carbons (Fsp3) is 0.375. The van der Waals surface area contributed by atoms with Crippen LogP contribution >= 0.6 is 0 Å². The molecule has 4 rings (SSSR count).